The Kier molecular flexibility index (Phi) is 4.22. The Morgan fingerprint density at radius 1 is 1.25 bits per heavy atom. The van der Waals surface area contributed by atoms with Crippen molar-refractivity contribution < 1.29 is 0 Å². The largest absolute Gasteiger partial charge is 0.340 e. The molecule has 24 heavy (non-hydrogen) atoms. The number of fused-ring (bicyclic) bond motifs is 1. The van der Waals surface area contributed by atoms with Crippen LogP contribution in [0.3, 0.4) is 0 Å². The molecule has 0 spiro atoms. The lowest BCUT2D eigenvalue weighted by Gasteiger charge is -2.24. The van der Waals surface area contributed by atoms with Crippen LogP contribution in [0.2, 0.25) is 0 Å². The molecule has 128 valence electrons. The highest BCUT2D eigenvalue weighted by molar-refractivity contribution is 5.20. The van der Waals surface area contributed by atoms with Gasteiger partial charge in [-0.3, -0.25) is 9.69 Å². The minimum absolute atomic E-state index is 0.0559. The summed E-state index contributed by atoms with van der Waals surface area (Å²) in [6.45, 7) is 2.62. The summed E-state index contributed by atoms with van der Waals surface area (Å²) >= 11 is 0. The molecule has 1 fully saturated rings. The minimum atomic E-state index is 0.0559. The van der Waals surface area contributed by atoms with Gasteiger partial charge in [-0.05, 0) is 50.6 Å². The van der Waals surface area contributed by atoms with Gasteiger partial charge >= 0.3 is 0 Å². The second kappa shape index (κ2) is 6.51. The first-order valence-corrected chi connectivity index (χ1v) is 9.00. The van der Waals surface area contributed by atoms with E-state index in [0.29, 0.717) is 12.6 Å². The van der Waals surface area contributed by atoms with Gasteiger partial charge in [0, 0.05) is 31.9 Å². The Morgan fingerprint density at radius 2 is 2.12 bits per heavy atom. The molecule has 1 aliphatic carbocycles. The predicted octanol–water partition coefficient (Wildman–Crippen LogP) is 1.52. The smallest absolute Gasteiger partial charge is 0.267 e. The molecule has 2 aromatic heterocycles. The van der Waals surface area contributed by atoms with E-state index in [9.17, 15) is 4.79 Å². The number of rotatable bonds is 4. The zero-order chi connectivity index (χ0) is 16.5. The lowest BCUT2D eigenvalue weighted by atomic mass is 9.97. The zero-order valence-electron chi connectivity index (χ0n) is 14.3. The molecule has 0 aromatic carbocycles. The Morgan fingerprint density at radius 3 is 2.96 bits per heavy atom. The van der Waals surface area contributed by atoms with Crippen LogP contribution >= 0.6 is 0 Å². The molecule has 2 aromatic rings. The maximum absolute atomic E-state index is 12.4. The molecular formula is C18H25N5O. The van der Waals surface area contributed by atoms with E-state index in [4.69, 9.17) is 0 Å². The lowest BCUT2D eigenvalue weighted by Crippen LogP contribution is -2.37. The number of hydrogen-bond donors (Lipinski definition) is 0. The fourth-order valence-corrected chi connectivity index (χ4v) is 4.00. The van der Waals surface area contributed by atoms with Crippen LogP contribution in [-0.2, 0) is 33.0 Å². The minimum Gasteiger partial charge on any atom is -0.340 e. The molecule has 1 unspecified atom stereocenters. The number of nitrogens with zero attached hydrogens (tertiary/aromatic N) is 5. The van der Waals surface area contributed by atoms with Gasteiger partial charge in [0.2, 0.25) is 0 Å². The lowest BCUT2D eigenvalue weighted by molar-refractivity contribution is 0.214. The van der Waals surface area contributed by atoms with Crippen molar-refractivity contribution in [2.45, 2.75) is 57.7 Å². The molecule has 1 atom stereocenters. The molecule has 0 radical (unpaired) electrons. The summed E-state index contributed by atoms with van der Waals surface area (Å²) in [5.41, 5.74) is 3.45. The van der Waals surface area contributed by atoms with Crippen molar-refractivity contribution >= 4 is 0 Å². The van der Waals surface area contributed by atoms with Gasteiger partial charge in [0.25, 0.3) is 5.56 Å². The fraction of sp³-hybridized carbons (Fsp3) is 0.611. The monoisotopic (exact) mass is 327 g/mol. The molecule has 4 rings (SSSR count). The summed E-state index contributed by atoms with van der Waals surface area (Å²) in [5.74, 6) is 0. The first-order valence-electron chi connectivity index (χ1n) is 9.00. The van der Waals surface area contributed by atoms with E-state index in [1.165, 1.54) is 24.8 Å². The number of hydrogen-bond acceptors (Lipinski definition) is 4. The summed E-state index contributed by atoms with van der Waals surface area (Å²) in [5, 5.41) is 4.68. The van der Waals surface area contributed by atoms with Crippen LogP contribution in [0.25, 0.3) is 0 Å². The van der Waals surface area contributed by atoms with Gasteiger partial charge in [-0.1, -0.05) is 0 Å². The van der Waals surface area contributed by atoms with E-state index < -0.39 is 0 Å². The normalized spacial score (nSPS) is 21.1. The molecule has 6 heteroatoms. The van der Waals surface area contributed by atoms with Gasteiger partial charge in [-0.2, -0.15) is 5.10 Å². The quantitative estimate of drug-likeness (QED) is 0.854. The zero-order valence-corrected chi connectivity index (χ0v) is 14.3. The first kappa shape index (κ1) is 15.6. The van der Waals surface area contributed by atoms with Crippen molar-refractivity contribution in [3.63, 3.8) is 0 Å². The highest BCUT2D eigenvalue weighted by Crippen LogP contribution is 2.21. The average molecular weight is 327 g/mol. The summed E-state index contributed by atoms with van der Waals surface area (Å²) in [7, 11) is 1.99. The molecule has 2 aliphatic rings. The van der Waals surface area contributed by atoms with Crippen LogP contribution in [-0.4, -0.2) is 36.8 Å². The maximum Gasteiger partial charge on any atom is 0.267 e. The summed E-state index contributed by atoms with van der Waals surface area (Å²) in [6, 6.07) is 2.19. The van der Waals surface area contributed by atoms with Crippen molar-refractivity contribution in [3.8, 4) is 0 Å². The number of likely N-dealkylation sites (tertiary alicyclic amines) is 1. The van der Waals surface area contributed by atoms with Crippen molar-refractivity contribution in [1.82, 2.24) is 24.2 Å². The van der Waals surface area contributed by atoms with Gasteiger partial charge in [0.15, 0.2) is 0 Å². The Labute approximate surface area is 142 Å². The van der Waals surface area contributed by atoms with Crippen LogP contribution in [0.5, 0.6) is 0 Å². The molecule has 0 N–H and O–H groups in total. The van der Waals surface area contributed by atoms with Gasteiger partial charge in [0.1, 0.15) is 0 Å². The topological polar surface area (TPSA) is 56.0 Å². The molecular weight excluding hydrogens is 302 g/mol. The maximum atomic E-state index is 12.4. The summed E-state index contributed by atoms with van der Waals surface area (Å²) < 4.78 is 3.68. The van der Waals surface area contributed by atoms with E-state index in [1.54, 1.807) is 4.68 Å². The van der Waals surface area contributed by atoms with E-state index in [1.807, 2.05) is 24.0 Å². The van der Waals surface area contributed by atoms with Crippen molar-refractivity contribution in [2.75, 3.05) is 6.54 Å². The second-order valence-corrected chi connectivity index (χ2v) is 7.14. The number of aryl methyl sites for hydroxylation is 3. The second-order valence-electron chi connectivity index (χ2n) is 7.14. The third-order valence-electron chi connectivity index (χ3n) is 5.28. The van der Waals surface area contributed by atoms with E-state index >= 15 is 0 Å². The van der Waals surface area contributed by atoms with E-state index in [-0.39, 0.29) is 5.56 Å². The molecule has 0 saturated carbocycles. The Balaban J connectivity index is 1.50. The SMILES string of the molecule is Cn1cnc(CN2CCCC2Cn2nc3c(cc2=O)CCCC3)c1. The number of imidazole rings is 1. The Hall–Kier alpha value is -1.95. The van der Waals surface area contributed by atoms with Crippen molar-refractivity contribution in [3.05, 3.63) is 45.9 Å². The van der Waals surface area contributed by atoms with Crippen LogP contribution in [0, 0.1) is 0 Å². The van der Waals surface area contributed by atoms with Gasteiger partial charge < -0.3 is 4.57 Å². The molecule has 3 heterocycles. The van der Waals surface area contributed by atoms with Crippen LogP contribution < -0.4 is 5.56 Å². The van der Waals surface area contributed by atoms with Gasteiger partial charge in [-0.15, -0.1) is 0 Å². The van der Waals surface area contributed by atoms with Crippen molar-refractivity contribution in [2.24, 2.45) is 7.05 Å². The van der Waals surface area contributed by atoms with Gasteiger partial charge in [-0.25, -0.2) is 9.67 Å². The van der Waals surface area contributed by atoms with Crippen LogP contribution in [0.4, 0.5) is 0 Å². The molecule has 6 nitrogen and oxygen atoms in total. The molecule has 1 aliphatic heterocycles. The highest BCUT2D eigenvalue weighted by Gasteiger charge is 2.26. The van der Waals surface area contributed by atoms with Crippen molar-refractivity contribution in [1.29, 1.82) is 0 Å². The number of aromatic nitrogens is 4. The van der Waals surface area contributed by atoms with E-state index in [2.05, 4.69) is 21.2 Å². The predicted molar refractivity (Wildman–Crippen MR) is 91.8 cm³/mol. The third-order valence-corrected chi connectivity index (χ3v) is 5.28. The summed E-state index contributed by atoms with van der Waals surface area (Å²) in [6.07, 6.45) is 10.6. The Bertz CT molecular complexity index is 778. The molecule has 0 bridgehead atoms. The first-order chi connectivity index (χ1) is 11.7. The van der Waals surface area contributed by atoms with Crippen LogP contribution in [0.1, 0.15) is 42.6 Å². The standard InChI is InChI=1S/C18H25N5O/c1-21-10-15(19-13-21)11-22-8-4-6-16(22)12-23-18(24)9-14-5-2-3-7-17(14)20-23/h9-10,13,16H,2-8,11-12H2,1H3. The fourth-order valence-electron chi connectivity index (χ4n) is 4.00. The average Bonchev–Trinajstić information content (AvgIpc) is 3.18. The molecule has 1 saturated heterocycles. The summed E-state index contributed by atoms with van der Waals surface area (Å²) in [4.78, 5) is 19.3. The van der Waals surface area contributed by atoms with Gasteiger partial charge in [0.05, 0.1) is 24.3 Å². The van der Waals surface area contributed by atoms with Crippen LogP contribution in [0.15, 0.2) is 23.4 Å². The third kappa shape index (κ3) is 3.15. The molecule has 0 amide bonds. The highest BCUT2D eigenvalue weighted by atomic mass is 16.1. The van der Waals surface area contributed by atoms with E-state index in [0.717, 1.165) is 43.7 Å².